The minimum Gasteiger partial charge on any atom is -0.481 e. The van der Waals surface area contributed by atoms with E-state index in [2.05, 4.69) is 20.9 Å². The summed E-state index contributed by atoms with van der Waals surface area (Å²) < 4.78 is 0. The third-order valence-corrected chi connectivity index (χ3v) is 5.49. The van der Waals surface area contributed by atoms with Crippen LogP contribution in [0.3, 0.4) is 0 Å². The minimum atomic E-state index is -1.58. The molecule has 0 bridgehead atoms. The first kappa shape index (κ1) is 33.4. The van der Waals surface area contributed by atoms with Gasteiger partial charge in [-0.3, -0.25) is 29.0 Å². The molecule has 210 valence electrons. The summed E-state index contributed by atoms with van der Waals surface area (Å²) in [6, 6.07) is -5.26. The standard InChI is InChI=1S/C20H36N8O8S/c1-37-8-6-11(26-16(32)10(21)3-2-7-25-20(23)24)17(33)28-13(9-14(22)29)18(34)27-12(19(35)36)4-5-15(30)31/h10-13H,2-9,21H2,1H3,(H2,22,29)(H,26,32)(H,27,34)(H,28,33)(H,30,31)(H,35,36)(H4,23,24,25). The van der Waals surface area contributed by atoms with Gasteiger partial charge in [0.15, 0.2) is 5.96 Å². The van der Waals surface area contributed by atoms with Gasteiger partial charge < -0.3 is 49.1 Å². The summed E-state index contributed by atoms with van der Waals surface area (Å²) >= 11 is 1.39. The summed E-state index contributed by atoms with van der Waals surface area (Å²) in [7, 11) is 0. The van der Waals surface area contributed by atoms with E-state index in [-0.39, 0.29) is 25.3 Å². The lowest BCUT2D eigenvalue weighted by molar-refractivity contribution is -0.143. The van der Waals surface area contributed by atoms with E-state index >= 15 is 0 Å². The molecule has 0 aromatic heterocycles. The van der Waals surface area contributed by atoms with E-state index in [1.165, 1.54) is 11.8 Å². The molecule has 0 saturated heterocycles. The highest BCUT2D eigenvalue weighted by Gasteiger charge is 2.31. The van der Waals surface area contributed by atoms with Gasteiger partial charge in [-0.15, -0.1) is 0 Å². The number of nitrogens with one attached hydrogen (secondary N) is 3. The van der Waals surface area contributed by atoms with Crippen molar-refractivity contribution >= 4 is 53.3 Å². The molecule has 16 nitrogen and oxygen atoms in total. The zero-order valence-electron chi connectivity index (χ0n) is 20.5. The summed E-state index contributed by atoms with van der Waals surface area (Å²) in [5.41, 5.74) is 21.5. The number of aliphatic imine (C=N–C) groups is 1. The van der Waals surface area contributed by atoms with E-state index in [0.717, 1.165) is 0 Å². The van der Waals surface area contributed by atoms with Crippen LogP contribution in [0.4, 0.5) is 0 Å². The first-order chi connectivity index (χ1) is 17.3. The van der Waals surface area contributed by atoms with Crippen molar-refractivity contribution in [3.8, 4) is 0 Å². The van der Waals surface area contributed by atoms with E-state index in [1.807, 2.05) is 0 Å². The number of hydrogen-bond donors (Lipinski definition) is 9. The van der Waals surface area contributed by atoms with Crippen LogP contribution in [0.1, 0.15) is 38.5 Å². The summed E-state index contributed by atoms with van der Waals surface area (Å²) in [6.45, 7) is 0.257. The molecule has 4 unspecified atom stereocenters. The van der Waals surface area contributed by atoms with Crippen LogP contribution in [0.25, 0.3) is 0 Å². The molecule has 0 fully saturated rings. The molecule has 37 heavy (non-hydrogen) atoms. The van der Waals surface area contributed by atoms with Crippen LogP contribution in [-0.4, -0.2) is 94.5 Å². The average Bonchev–Trinajstić information content (AvgIpc) is 2.80. The van der Waals surface area contributed by atoms with Crippen LogP contribution in [0.2, 0.25) is 0 Å². The number of nitrogens with two attached hydrogens (primary N) is 4. The molecule has 13 N–H and O–H groups in total. The highest BCUT2D eigenvalue weighted by molar-refractivity contribution is 7.98. The Hall–Kier alpha value is -3.60. The maximum Gasteiger partial charge on any atom is 0.326 e. The normalized spacial score (nSPS) is 13.8. The number of carboxylic acids is 2. The molecular weight excluding hydrogens is 512 g/mol. The Kier molecular flexibility index (Phi) is 16.0. The van der Waals surface area contributed by atoms with Crippen molar-refractivity contribution in [3.63, 3.8) is 0 Å². The zero-order valence-corrected chi connectivity index (χ0v) is 21.3. The van der Waals surface area contributed by atoms with Gasteiger partial charge in [-0.05, 0) is 37.7 Å². The summed E-state index contributed by atoms with van der Waals surface area (Å²) in [5.74, 6) is -5.92. The molecule has 0 heterocycles. The first-order valence-electron chi connectivity index (χ1n) is 11.2. The van der Waals surface area contributed by atoms with Gasteiger partial charge in [0.1, 0.15) is 18.1 Å². The quantitative estimate of drug-likeness (QED) is 0.0429. The van der Waals surface area contributed by atoms with Crippen LogP contribution in [0.5, 0.6) is 0 Å². The highest BCUT2D eigenvalue weighted by Crippen LogP contribution is 2.06. The predicted molar refractivity (Wildman–Crippen MR) is 135 cm³/mol. The van der Waals surface area contributed by atoms with E-state index in [0.29, 0.717) is 12.2 Å². The van der Waals surface area contributed by atoms with Gasteiger partial charge in [0.05, 0.1) is 12.5 Å². The molecule has 4 amide bonds. The van der Waals surface area contributed by atoms with Gasteiger partial charge in [0, 0.05) is 13.0 Å². The average molecular weight is 549 g/mol. The van der Waals surface area contributed by atoms with Crippen molar-refractivity contribution in [2.24, 2.45) is 27.9 Å². The maximum absolute atomic E-state index is 12.9. The van der Waals surface area contributed by atoms with Crippen LogP contribution in [0.15, 0.2) is 4.99 Å². The lowest BCUT2D eigenvalue weighted by Gasteiger charge is -2.24. The number of primary amides is 1. The van der Waals surface area contributed by atoms with Crippen molar-refractivity contribution in [2.45, 2.75) is 62.7 Å². The Morgan fingerprint density at radius 3 is 1.92 bits per heavy atom. The van der Waals surface area contributed by atoms with E-state index < -0.39 is 79.0 Å². The van der Waals surface area contributed by atoms with E-state index in [4.69, 9.17) is 28.0 Å². The van der Waals surface area contributed by atoms with Crippen molar-refractivity contribution in [1.82, 2.24) is 16.0 Å². The Labute approximate surface area is 217 Å². The fraction of sp³-hybridized carbons (Fsp3) is 0.650. The second-order valence-electron chi connectivity index (χ2n) is 7.96. The van der Waals surface area contributed by atoms with Crippen molar-refractivity contribution in [3.05, 3.63) is 0 Å². The van der Waals surface area contributed by atoms with Crippen molar-refractivity contribution in [2.75, 3.05) is 18.6 Å². The second-order valence-corrected chi connectivity index (χ2v) is 8.95. The summed E-state index contributed by atoms with van der Waals surface area (Å²) in [5, 5.41) is 24.9. The molecule has 0 spiro atoms. The van der Waals surface area contributed by atoms with Crippen LogP contribution in [0, 0.1) is 0 Å². The molecule has 17 heteroatoms. The smallest absolute Gasteiger partial charge is 0.326 e. The Morgan fingerprint density at radius 1 is 0.838 bits per heavy atom. The largest absolute Gasteiger partial charge is 0.481 e. The van der Waals surface area contributed by atoms with Gasteiger partial charge in [0.2, 0.25) is 23.6 Å². The fourth-order valence-corrected chi connectivity index (χ4v) is 3.39. The van der Waals surface area contributed by atoms with Gasteiger partial charge in [-0.1, -0.05) is 0 Å². The van der Waals surface area contributed by atoms with Crippen molar-refractivity contribution in [1.29, 1.82) is 0 Å². The first-order valence-corrected chi connectivity index (χ1v) is 12.6. The van der Waals surface area contributed by atoms with Crippen LogP contribution in [-0.2, 0) is 28.8 Å². The number of carboxylic acid groups (broad SMARTS) is 2. The van der Waals surface area contributed by atoms with Gasteiger partial charge >= 0.3 is 11.9 Å². The Morgan fingerprint density at radius 2 is 1.41 bits per heavy atom. The van der Waals surface area contributed by atoms with Gasteiger partial charge in [-0.2, -0.15) is 11.8 Å². The lowest BCUT2D eigenvalue weighted by Crippen LogP contribution is -2.57. The molecule has 0 aromatic rings. The van der Waals surface area contributed by atoms with Crippen LogP contribution >= 0.6 is 11.8 Å². The Bertz CT molecular complexity index is 852. The molecule has 0 radical (unpaired) electrons. The van der Waals surface area contributed by atoms with Gasteiger partial charge in [-0.25, -0.2) is 4.79 Å². The predicted octanol–water partition coefficient (Wildman–Crippen LogP) is -3.60. The van der Waals surface area contributed by atoms with E-state index in [1.54, 1.807) is 6.26 Å². The molecule has 0 rings (SSSR count). The Balaban J connectivity index is 5.40. The number of rotatable bonds is 19. The number of amides is 4. The summed E-state index contributed by atoms with van der Waals surface area (Å²) in [4.78, 5) is 75.5. The number of aliphatic carboxylic acids is 2. The number of carbonyl (C=O) groups is 6. The molecule has 0 saturated carbocycles. The SMILES string of the molecule is CSCCC(NC(=O)C(N)CCCN=C(N)N)C(=O)NC(CC(N)=O)C(=O)NC(CCC(=O)O)C(=O)O. The molecule has 0 aliphatic carbocycles. The molecular formula is C20H36N8O8S. The third kappa shape index (κ3) is 15.2. The fourth-order valence-electron chi connectivity index (χ4n) is 2.91. The number of guanidine groups is 1. The molecule has 0 aliphatic heterocycles. The van der Waals surface area contributed by atoms with Gasteiger partial charge in [0.25, 0.3) is 0 Å². The monoisotopic (exact) mass is 548 g/mol. The maximum atomic E-state index is 12.9. The lowest BCUT2D eigenvalue weighted by atomic mass is 10.1. The summed E-state index contributed by atoms with van der Waals surface area (Å²) in [6.07, 6.45) is 0.913. The third-order valence-electron chi connectivity index (χ3n) is 4.85. The number of hydrogen-bond acceptors (Lipinski definition) is 9. The molecule has 4 atom stereocenters. The molecule has 0 aromatic carbocycles. The number of thioether (sulfide) groups is 1. The highest BCUT2D eigenvalue weighted by atomic mass is 32.2. The minimum absolute atomic E-state index is 0.0991. The zero-order chi connectivity index (χ0) is 28.5. The van der Waals surface area contributed by atoms with Crippen LogP contribution < -0.4 is 38.9 Å². The number of nitrogens with zero attached hydrogens (tertiary/aromatic N) is 1. The van der Waals surface area contributed by atoms with Crippen molar-refractivity contribution < 1.29 is 39.0 Å². The topological polar surface area (TPSA) is 295 Å². The number of carbonyl (C=O) groups excluding carboxylic acids is 4. The second kappa shape index (κ2) is 17.8. The van der Waals surface area contributed by atoms with E-state index in [9.17, 15) is 33.9 Å². The molecule has 0 aliphatic rings.